The van der Waals surface area contributed by atoms with Crippen molar-refractivity contribution >= 4 is 46.4 Å². The Kier molecular flexibility index (Phi) is 15.2. The van der Waals surface area contributed by atoms with Crippen molar-refractivity contribution in [1.29, 1.82) is 0 Å². The third-order valence-corrected chi connectivity index (χ3v) is 12.8. The zero-order valence-electron chi connectivity index (χ0n) is 35.0. The number of ether oxygens (including phenoxy) is 2. The minimum atomic E-state index is -1.03. The SMILES string of the molecule is COc1ccc(C[C@@H]2NC(=O)/C(C)=C/[C@H]3CSC(=N3)C(C)[C@@H](O)C[C@H](C)C[C@@H](C(C)(C)C)OC(=O)[C@@H]3CCCN3C(=O)[C@H](C)N(C)C(=O)[C@H](C)N(C)C2=O)cc1. The fraction of sp³-hybridized carbons (Fsp3) is 0.667. The molecule has 9 atom stereocenters. The molecule has 2 bridgehead atoms. The second kappa shape index (κ2) is 19.0. The summed E-state index contributed by atoms with van der Waals surface area (Å²) in [6.07, 6.45) is 2.82. The van der Waals surface area contributed by atoms with Crippen molar-refractivity contribution in [3.63, 3.8) is 0 Å². The maximum atomic E-state index is 14.2. The van der Waals surface area contributed by atoms with Gasteiger partial charge in [0.15, 0.2) is 0 Å². The van der Waals surface area contributed by atoms with E-state index in [0.717, 1.165) is 10.6 Å². The molecule has 1 fully saturated rings. The fourth-order valence-corrected chi connectivity index (χ4v) is 8.53. The summed E-state index contributed by atoms with van der Waals surface area (Å²) in [7, 11) is 4.59. The first kappa shape index (κ1) is 44.8. The number of rotatable bonds is 3. The Morgan fingerprint density at radius 3 is 2.20 bits per heavy atom. The first-order valence-corrected chi connectivity index (χ1v) is 20.8. The molecule has 4 rings (SSSR count). The Morgan fingerprint density at radius 2 is 1.57 bits per heavy atom. The predicted octanol–water partition coefficient (Wildman–Crippen LogP) is 4.25. The molecule has 3 aliphatic rings. The van der Waals surface area contributed by atoms with Gasteiger partial charge in [-0.25, -0.2) is 4.79 Å². The number of benzene rings is 1. The minimum Gasteiger partial charge on any atom is -0.497 e. The first-order chi connectivity index (χ1) is 26.2. The zero-order chi connectivity index (χ0) is 41.6. The number of amides is 4. The van der Waals surface area contributed by atoms with Crippen LogP contribution in [-0.2, 0) is 35.1 Å². The number of hydrogen-bond acceptors (Lipinski definition) is 10. The second-order valence-corrected chi connectivity index (χ2v) is 18.0. The van der Waals surface area contributed by atoms with Gasteiger partial charge in [0.1, 0.15) is 36.0 Å². The van der Waals surface area contributed by atoms with Crippen LogP contribution in [0.25, 0.3) is 0 Å². The topological polar surface area (TPSA) is 158 Å². The summed E-state index contributed by atoms with van der Waals surface area (Å²) in [6.45, 7) is 15.3. The Hall–Kier alpha value is -3.91. The summed E-state index contributed by atoms with van der Waals surface area (Å²) in [5.41, 5.74) is 0.761. The van der Waals surface area contributed by atoms with E-state index >= 15 is 0 Å². The molecular weight excluding hydrogens is 735 g/mol. The molecule has 0 aliphatic carbocycles. The van der Waals surface area contributed by atoms with Crippen LogP contribution in [-0.4, -0.2) is 130 Å². The Morgan fingerprint density at radius 1 is 0.946 bits per heavy atom. The van der Waals surface area contributed by atoms with Crippen LogP contribution in [0.15, 0.2) is 40.9 Å². The Balaban J connectivity index is 1.68. The van der Waals surface area contributed by atoms with Gasteiger partial charge in [-0.1, -0.05) is 52.8 Å². The monoisotopic (exact) mass is 797 g/mol. The number of fused-ring (bicyclic) bond motifs is 2. The number of carbonyl (C=O) groups is 5. The number of carbonyl (C=O) groups excluding carboxylic acids is 5. The van der Waals surface area contributed by atoms with Crippen molar-refractivity contribution in [2.45, 2.75) is 130 Å². The molecule has 3 aliphatic heterocycles. The number of esters is 1. The van der Waals surface area contributed by atoms with Gasteiger partial charge in [0.25, 0.3) is 0 Å². The van der Waals surface area contributed by atoms with Gasteiger partial charge in [-0.2, -0.15) is 0 Å². The van der Waals surface area contributed by atoms with Crippen molar-refractivity contribution in [1.82, 2.24) is 20.0 Å². The molecule has 0 aromatic heterocycles. The van der Waals surface area contributed by atoms with E-state index < -0.39 is 65.5 Å². The second-order valence-electron chi connectivity index (χ2n) is 16.9. The van der Waals surface area contributed by atoms with E-state index in [4.69, 9.17) is 14.5 Å². The predicted molar refractivity (Wildman–Crippen MR) is 218 cm³/mol. The number of likely N-dealkylation sites (N-methyl/N-ethyl adjacent to an activating group) is 2. The average Bonchev–Trinajstić information content (AvgIpc) is 3.85. The number of nitrogens with zero attached hydrogens (tertiary/aromatic N) is 4. The lowest BCUT2D eigenvalue weighted by Crippen LogP contribution is -2.57. The van der Waals surface area contributed by atoms with Gasteiger partial charge >= 0.3 is 5.97 Å². The van der Waals surface area contributed by atoms with E-state index in [1.807, 2.05) is 46.8 Å². The zero-order valence-corrected chi connectivity index (χ0v) is 35.9. The number of aliphatic hydroxyl groups is 1. The molecule has 0 saturated carbocycles. The van der Waals surface area contributed by atoms with E-state index in [1.54, 1.807) is 57.9 Å². The molecule has 0 radical (unpaired) electrons. The maximum Gasteiger partial charge on any atom is 0.329 e. The number of aliphatic hydroxyl groups excluding tert-OH is 1. The van der Waals surface area contributed by atoms with Gasteiger partial charge in [0, 0.05) is 44.3 Å². The van der Waals surface area contributed by atoms with Crippen LogP contribution in [0.3, 0.4) is 0 Å². The lowest BCUT2D eigenvalue weighted by Gasteiger charge is -2.36. The van der Waals surface area contributed by atoms with Crippen LogP contribution < -0.4 is 10.1 Å². The third kappa shape index (κ3) is 10.9. The van der Waals surface area contributed by atoms with E-state index in [2.05, 4.69) is 5.32 Å². The first-order valence-electron chi connectivity index (χ1n) is 19.8. The van der Waals surface area contributed by atoms with Gasteiger partial charge in [0.2, 0.25) is 23.6 Å². The van der Waals surface area contributed by atoms with Crippen molar-refractivity contribution in [2.75, 3.05) is 33.5 Å². The average molecular weight is 798 g/mol. The van der Waals surface area contributed by atoms with Gasteiger partial charge < -0.3 is 34.6 Å². The lowest BCUT2D eigenvalue weighted by molar-refractivity contribution is -0.165. The quantitative estimate of drug-likeness (QED) is 0.427. The van der Waals surface area contributed by atoms with Crippen LogP contribution in [0.2, 0.25) is 0 Å². The van der Waals surface area contributed by atoms with Crippen LogP contribution in [0.4, 0.5) is 0 Å². The number of methoxy groups -OCH3 is 1. The molecule has 14 heteroatoms. The minimum absolute atomic E-state index is 0.00211. The lowest BCUT2D eigenvalue weighted by atomic mass is 9.81. The van der Waals surface area contributed by atoms with Gasteiger partial charge in [-0.3, -0.25) is 24.2 Å². The highest BCUT2D eigenvalue weighted by Crippen LogP contribution is 2.34. The van der Waals surface area contributed by atoms with Crippen molar-refractivity contribution < 1.29 is 38.6 Å². The highest BCUT2D eigenvalue weighted by Gasteiger charge is 2.42. The largest absolute Gasteiger partial charge is 0.497 e. The molecule has 2 N–H and O–H groups in total. The summed E-state index contributed by atoms with van der Waals surface area (Å²) >= 11 is 1.56. The van der Waals surface area contributed by atoms with Gasteiger partial charge in [-0.05, 0) is 75.5 Å². The maximum absolute atomic E-state index is 14.2. The molecule has 1 aromatic rings. The summed E-state index contributed by atoms with van der Waals surface area (Å²) < 4.78 is 11.5. The highest BCUT2D eigenvalue weighted by atomic mass is 32.2. The number of thioether (sulfide) groups is 1. The van der Waals surface area contributed by atoms with Crippen LogP contribution in [0, 0.1) is 17.3 Å². The molecule has 1 saturated heterocycles. The third-order valence-electron chi connectivity index (χ3n) is 11.5. The molecular formula is C42H63N5O8S. The fourth-order valence-electron chi connectivity index (χ4n) is 7.39. The van der Waals surface area contributed by atoms with E-state index in [9.17, 15) is 29.1 Å². The summed E-state index contributed by atoms with van der Waals surface area (Å²) in [6, 6.07) is 3.15. The molecule has 56 heavy (non-hydrogen) atoms. The Labute approximate surface area is 337 Å². The van der Waals surface area contributed by atoms with Crippen LogP contribution >= 0.6 is 11.8 Å². The molecule has 3 heterocycles. The van der Waals surface area contributed by atoms with Crippen molar-refractivity contribution in [2.24, 2.45) is 22.2 Å². The molecule has 1 aromatic carbocycles. The molecule has 310 valence electrons. The number of cyclic esters (lactones) is 1. The Bertz CT molecular complexity index is 1660. The van der Waals surface area contributed by atoms with E-state index in [0.29, 0.717) is 49.3 Å². The molecule has 13 nitrogen and oxygen atoms in total. The highest BCUT2D eigenvalue weighted by molar-refractivity contribution is 8.14. The van der Waals surface area contributed by atoms with Crippen molar-refractivity contribution in [3.8, 4) is 5.75 Å². The van der Waals surface area contributed by atoms with E-state index in [-0.39, 0.29) is 30.2 Å². The van der Waals surface area contributed by atoms with Crippen LogP contribution in [0.1, 0.15) is 86.6 Å². The molecule has 1 unspecified atom stereocenters. The smallest absolute Gasteiger partial charge is 0.329 e. The number of nitrogens with one attached hydrogen (secondary N) is 1. The number of aliphatic imine (C=N–C) groups is 1. The standard InChI is InChI=1S/C42H63N5O8S/c1-24-19-34(48)26(3)37-43-30(23-56-37)21-25(2)36(49)44-32(22-29-14-16-31(54-11)17-15-29)40(52)46(10)27(4)38(50)45(9)28(5)39(51)47-18-12-13-33(47)41(53)55-35(20-24)42(6,7)8/h14-17,21,24,26-28,30,32-35,48H,12-13,18-20,22-23H2,1-11H3,(H,44,49)/b25-21+/t24-,26?,27-,28-,30-,32-,33-,34-,35-/m0/s1. The summed E-state index contributed by atoms with van der Waals surface area (Å²) in [5, 5.41) is 15.1. The van der Waals surface area contributed by atoms with Crippen molar-refractivity contribution in [3.05, 3.63) is 41.5 Å². The van der Waals surface area contributed by atoms with E-state index in [1.165, 1.54) is 28.8 Å². The summed E-state index contributed by atoms with van der Waals surface area (Å²) in [4.78, 5) is 78.6. The molecule has 4 amide bonds. The normalized spacial score (nSPS) is 32.1. The molecule has 0 spiro atoms. The summed E-state index contributed by atoms with van der Waals surface area (Å²) in [5.74, 6) is -1.23. The van der Waals surface area contributed by atoms with Gasteiger partial charge in [0.05, 0.1) is 24.3 Å². The van der Waals surface area contributed by atoms with Crippen LogP contribution in [0.5, 0.6) is 5.75 Å². The van der Waals surface area contributed by atoms with Gasteiger partial charge in [-0.15, -0.1) is 11.8 Å². The number of hydrogen-bond donors (Lipinski definition) is 2.